The Morgan fingerprint density at radius 3 is 2.75 bits per heavy atom. The van der Waals surface area contributed by atoms with E-state index in [-0.39, 0.29) is 12.0 Å². The third kappa shape index (κ3) is 2.60. The van der Waals surface area contributed by atoms with E-state index in [4.69, 9.17) is 5.73 Å². The van der Waals surface area contributed by atoms with Gasteiger partial charge < -0.3 is 10.6 Å². The molecule has 1 fully saturated rings. The molecule has 0 saturated carbocycles. The number of hydrogen-bond donors (Lipinski definition) is 1. The molecule has 3 nitrogen and oxygen atoms in total. The number of likely N-dealkylation sites (tertiary alicyclic amines) is 1. The van der Waals surface area contributed by atoms with Crippen LogP contribution in [-0.2, 0) is 0 Å². The van der Waals surface area contributed by atoms with Crippen LogP contribution < -0.4 is 5.73 Å². The van der Waals surface area contributed by atoms with E-state index in [0.29, 0.717) is 0 Å². The zero-order valence-electron chi connectivity index (χ0n) is 9.34. The van der Waals surface area contributed by atoms with Crippen LogP contribution in [0.25, 0.3) is 0 Å². The summed E-state index contributed by atoms with van der Waals surface area (Å²) in [6.07, 6.45) is 1.05. The predicted octanol–water partition coefficient (Wildman–Crippen LogP) is 1.33. The van der Waals surface area contributed by atoms with Gasteiger partial charge in [-0.1, -0.05) is 30.3 Å². The second-order valence-electron chi connectivity index (χ2n) is 4.40. The maximum Gasteiger partial charge on any atom is 0.0839 e. The van der Waals surface area contributed by atoms with E-state index < -0.39 is 0 Å². The van der Waals surface area contributed by atoms with Gasteiger partial charge in [0.2, 0.25) is 0 Å². The maximum absolute atomic E-state index is 9.20. The fourth-order valence-corrected chi connectivity index (χ4v) is 2.19. The van der Waals surface area contributed by atoms with Crippen molar-refractivity contribution in [1.82, 2.24) is 4.90 Å². The third-order valence-electron chi connectivity index (χ3n) is 3.11. The van der Waals surface area contributed by atoms with E-state index in [9.17, 15) is 5.26 Å². The number of hydrogen-bond acceptors (Lipinski definition) is 3. The zero-order valence-corrected chi connectivity index (χ0v) is 9.34. The van der Waals surface area contributed by atoms with Crippen molar-refractivity contribution in [2.45, 2.75) is 18.4 Å². The lowest BCUT2D eigenvalue weighted by atomic mass is 10.0. The van der Waals surface area contributed by atoms with Crippen LogP contribution >= 0.6 is 0 Å². The summed E-state index contributed by atoms with van der Waals surface area (Å²) in [4.78, 5) is 2.28. The van der Waals surface area contributed by atoms with E-state index in [1.807, 2.05) is 30.3 Å². The number of benzene rings is 1. The Hall–Kier alpha value is -1.37. The van der Waals surface area contributed by atoms with Crippen LogP contribution in [0, 0.1) is 11.3 Å². The highest BCUT2D eigenvalue weighted by Gasteiger charge is 2.22. The van der Waals surface area contributed by atoms with Gasteiger partial charge in [-0.15, -0.1) is 0 Å². The summed E-state index contributed by atoms with van der Waals surface area (Å²) in [5.41, 5.74) is 6.96. The molecule has 84 valence electrons. The molecule has 0 bridgehead atoms. The van der Waals surface area contributed by atoms with Gasteiger partial charge in [0.1, 0.15) is 0 Å². The topological polar surface area (TPSA) is 53.0 Å². The van der Waals surface area contributed by atoms with Crippen LogP contribution in [0.15, 0.2) is 30.3 Å². The van der Waals surface area contributed by atoms with Gasteiger partial charge >= 0.3 is 0 Å². The van der Waals surface area contributed by atoms with Gasteiger partial charge in [-0.25, -0.2) is 0 Å². The van der Waals surface area contributed by atoms with Crippen molar-refractivity contribution in [2.24, 2.45) is 5.73 Å². The maximum atomic E-state index is 9.20. The Labute approximate surface area is 96.5 Å². The monoisotopic (exact) mass is 215 g/mol. The van der Waals surface area contributed by atoms with Crippen LogP contribution in [0.4, 0.5) is 0 Å². The Balaban J connectivity index is 1.99. The average Bonchev–Trinajstić information content (AvgIpc) is 2.73. The Morgan fingerprint density at radius 1 is 1.44 bits per heavy atom. The molecule has 3 heteroatoms. The van der Waals surface area contributed by atoms with Crippen molar-refractivity contribution in [3.8, 4) is 6.07 Å². The van der Waals surface area contributed by atoms with Crippen LogP contribution in [0.5, 0.6) is 0 Å². The molecule has 1 aromatic rings. The molecule has 1 unspecified atom stereocenters. The molecule has 1 aromatic carbocycles. The predicted molar refractivity (Wildman–Crippen MR) is 63.8 cm³/mol. The average molecular weight is 215 g/mol. The van der Waals surface area contributed by atoms with E-state index >= 15 is 0 Å². The minimum atomic E-state index is -0.0356. The first-order valence-corrected chi connectivity index (χ1v) is 5.72. The smallest absolute Gasteiger partial charge is 0.0839 e. The van der Waals surface area contributed by atoms with Crippen molar-refractivity contribution in [3.05, 3.63) is 35.9 Å². The lowest BCUT2D eigenvalue weighted by Crippen LogP contribution is -2.29. The molecular weight excluding hydrogens is 198 g/mol. The minimum Gasteiger partial charge on any atom is -0.326 e. The first kappa shape index (κ1) is 11.1. The standard InChI is InChI=1S/C13H17N3/c14-8-12(11-4-2-1-3-5-11)9-16-7-6-13(15)10-16/h1-5,12-13H,6-7,9-10,15H2/t12?,13-/m0/s1. The zero-order chi connectivity index (χ0) is 11.4. The van der Waals surface area contributed by atoms with Crippen LogP contribution in [0.2, 0.25) is 0 Å². The molecule has 0 radical (unpaired) electrons. The Bertz CT molecular complexity index is 369. The SMILES string of the molecule is N#CC(CN1CC[C@H](N)C1)c1ccccc1. The number of rotatable bonds is 3. The summed E-state index contributed by atoms with van der Waals surface area (Å²) in [5.74, 6) is -0.0356. The van der Waals surface area contributed by atoms with Crippen molar-refractivity contribution in [1.29, 1.82) is 5.26 Å². The van der Waals surface area contributed by atoms with Gasteiger partial charge in [0, 0.05) is 19.1 Å². The number of nitrogens with two attached hydrogens (primary N) is 1. The van der Waals surface area contributed by atoms with Crippen molar-refractivity contribution >= 4 is 0 Å². The van der Waals surface area contributed by atoms with Crippen molar-refractivity contribution in [3.63, 3.8) is 0 Å². The Morgan fingerprint density at radius 2 is 2.19 bits per heavy atom. The van der Waals surface area contributed by atoms with Gasteiger partial charge in [-0.2, -0.15) is 5.26 Å². The van der Waals surface area contributed by atoms with Crippen LogP contribution in [0.3, 0.4) is 0 Å². The summed E-state index contributed by atoms with van der Waals surface area (Å²) < 4.78 is 0. The second-order valence-corrected chi connectivity index (χ2v) is 4.40. The highest BCUT2D eigenvalue weighted by atomic mass is 15.2. The molecule has 0 amide bonds. The van der Waals surface area contributed by atoms with Crippen molar-refractivity contribution < 1.29 is 0 Å². The summed E-state index contributed by atoms with van der Waals surface area (Å²) in [5, 5.41) is 9.20. The molecular formula is C13H17N3. The van der Waals surface area contributed by atoms with E-state index in [2.05, 4.69) is 11.0 Å². The fraction of sp³-hybridized carbons (Fsp3) is 0.462. The molecule has 2 N–H and O–H groups in total. The first-order chi connectivity index (χ1) is 7.79. The Kier molecular flexibility index (Phi) is 3.55. The molecule has 1 aliphatic rings. The summed E-state index contributed by atoms with van der Waals surface area (Å²) in [7, 11) is 0. The molecule has 2 atom stereocenters. The van der Waals surface area contributed by atoms with Gasteiger partial charge in [0.05, 0.1) is 12.0 Å². The third-order valence-corrected chi connectivity index (χ3v) is 3.11. The van der Waals surface area contributed by atoms with E-state index in [1.165, 1.54) is 0 Å². The van der Waals surface area contributed by atoms with Gasteiger partial charge in [0.25, 0.3) is 0 Å². The summed E-state index contributed by atoms with van der Waals surface area (Å²) in [6, 6.07) is 12.6. The van der Waals surface area contributed by atoms with Crippen molar-refractivity contribution in [2.75, 3.05) is 19.6 Å². The van der Waals surface area contributed by atoms with Crippen LogP contribution in [-0.4, -0.2) is 30.6 Å². The molecule has 1 saturated heterocycles. The molecule has 2 rings (SSSR count). The molecule has 0 aromatic heterocycles. The van der Waals surface area contributed by atoms with Gasteiger partial charge in [-0.3, -0.25) is 0 Å². The number of nitrogens with zero attached hydrogens (tertiary/aromatic N) is 2. The number of nitriles is 1. The largest absolute Gasteiger partial charge is 0.326 e. The molecule has 16 heavy (non-hydrogen) atoms. The van der Waals surface area contributed by atoms with E-state index in [1.54, 1.807) is 0 Å². The highest BCUT2D eigenvalue weighted by molar-refractivity contribution is 5.25. The summed E-state index contributed by atoms with van der Waals surface area (Å²) in [6.45, 7) is 2.74. The first-order valence-electron chi connectivity index (χ1n) is 5.72. The minimum absolute atomic E-state index is 0.0356. The van der Waals surface area contributed by atoms with Gasteiger partial charge in [-0.05, 0) is 18.5 Å². The van der Waals surface area contributed by atoms with Gasteiger partial charge in [0.15, 0.2) is 0 Å². The molecule has 0 aliphatic carbocycles. The highest BCUT2D eigenvalue weighted by Crippen LogP contribution is 2.18. The molecule has 1 aliphatic heterocycles. The molecule has 0 spiro atoms. The normalized spacial score (nSPS) is 22.9. The second kappa shape index (κ2) is 5.11. The summed E-state index contributed by atoms with van der Waals surface area (Å²) >= 11 is 0. The lowest BCUT2D eigenvalue weighted by Gasteiger charge is -2.18. The lowest BCUT2D eigenvalue weighted by molar-refractivity contribution is 0.327. The van der Waals surface area contributed by atoms with Crippen LogP contribution in [0.1, 0.15) is 17.9 Å². The fourth-order valence-electron chi connectivity index (χ4n) is 2.19. The molecule has 1 heterocycles. The quantitative estimate of drug-likeness (QED) is 0.827. The van der Waals surface area contributed by atoms with E-state index in [0.717, 1.165) is 31.6 Å².